The highest BCUT2D eigenvalue weighted by Crippen LogP contribution is 2.13. The topological polar surface area (TPSA) is 116 Å². The van der Waals surface area contributed by atoms with Crippen LogP contribution in [0.5, 0.6) is 0 Å². The van der Waals surface area contributed by atoms with Gasteiger partial charge in [-0.1, -0.05) is 0 Å². The number of carboxylic acids is 2. The highest BCUT2D eigenvalue weighted by Gasteiger charge is 2.27. The number of amides is 2. The van der Waals surface area contributed by atoms with E-state index in [0.29, 0.717) is 13.1 Å². The van der Waals surface area contributed by atoms with Gasteiger partial charge >= 0.3 is 18.0 Å². The number of carboxylic acid groups (broad SMARTS) is 2. The van der Waals surface area contributed by atoms with Gasteiger partial charge in [-0.2, -0.15) is 0 Å². The molecule has 0 aromatic heterocycles. The molecule has 1 rings (SSSR count). The van der Waals surface area contributed by atoms with E-state index in [2.05, 4.69) is 5.32 Å². The molecule has 0 aromatic carbocycles. The molecular formula is C13H22N2O6. The SMILES string of the molecule is COC1CCCN(C(=O)N[C@H](CCCC(=O)O)C(=O)O)C1. The van der Waals surface area contributed by atoms with E-state index >= 15 is 0 Å². The van der Waals surface area contributed by atoms with Gasteiger partial charge in [0.05, 0.1) is 6.10 Å². The first-order chi connectivity index (χ1) is 9.93. The minimum Gasteiger partial charge on any atom is -0.481 e. The van der Waals surface area contributed by atoms with Gasteiger partial charge in [-0.15, -0.1) is 0 Å². The molecule has 0 saturated carbocycles. The van der Waals surface area contributed by atoms with Crippen LogP contribution in [-0.2, 0) is 14.3 Å². The molecule has 2 amide bonds. The van der Waals surface area contributed by atoms with E-state index in [1.807, 2.05) is 0 Å². The van der Waals surface area contributed by atoms with Crippen molar-refractivity contribution < 1.29 is 29.3 Å². The number of carbonyl (C=O) groups is 3. The summed E-state index contributed by atoms with van der Waals surface area (Å²) < 4.78 is 5.21. The van der Waals surface area contributed by atoms with Crippen molar-refractivity contribution in [3.63, 3.8) is 0 Å². The smallest absolute Gasteiger partial charge is 0.326 e. The minimum atomic E-state index is -1.16. The zero-order valence-corrected chi connectivity index (χ0v) is 12.1. The molecule has 0 bridgehead atoms. The lowest BCUT2D eigenvalue weighted by atomic mass is 10.1. The fraction of sp³-hybridized carbons (Fsp3) is 0.769. The molecule has 1 saturated heterocycles. The monoisotopic (exact) mass is 302 g/mol. The number of nitrogens with zero attached hydrogens (tertiary/aromatic N) is 1. The van der Waals surface area contributed by atoms with Crippen molar-refractivity contribution in [1.29, 1.82) is 0 Å². The summed E-state index contributed by atoms with van der Waals surface area (Å²) in [4.78, 5) is 35.1. The van der Waals surface area contributed by atoms with Crippen LogP contribution in [0.25, 0.3) is 0 Å². The standard InChI is InChI=1S/C13H22N2O6/c1-21-9-4-3-7-15(8-9)13(20)14-10(12(18)19)5-2-6-11(16)17/h9-10H,2-8H2,1H3,(H,14,20)(H,16,17)(H,18,19)/t9?,10-/m1/s1. The molecule has 1 fully saturated rings. The fourth-order valence-electron chi connectivity index (χ4n) is 2.27. The van der Waals surface area contributed by atoms with Gasteiger partial charge in [0.2, 0.25) is 0 Å². The second-order valence-electron chi connectivity index (χ2n) is 5.07. The molecule has 0 aromatic rings. The average molecular weight is 302 g/mol. The van der Waals surface area contributed by atoms with Crippen molar-refractivity contribution in [3.8, 4) is 0 Å². The second-order valence-corrected chi connectivity index (χ2v) is 5.07. The highest BCUT2D eigenvalue weighted by molar-refractivity contribution is 5.82. The van der Waals surface area contributed by atoms with Crippen LogP contribution in [0.2, 0.25) is 0 Å². The first-order valence-electron chi connectivity index (χ1n) is 6.97. The van der Waals surface area contributed by atoms with Gasteiger partial charge in [-0.3, -0.25) is 4.79 Å². The molecule has 120 valence electrons. The first-order valence-corrected chi connectivity index (χ1v) is 6.97. The van der Waals surface area contributed by atoms with Gasteiger partial charge in [-0.05, 0) is 25.7 Å². The number of nitrogens with one attached hydrogen (secondary N) is 1. The number of aliphatic carboxylic acids is 2. The molecule has 1 heterocycles. The Bertz CT molecular complexity index is 387. The summed E-state index contributed by atoms with van der Waals surface area (Å²) in [6.07, 6.45) is 1.83. The van der Waals surface area contributed by atoms with Gasteiger partial charge in [0.25, 0.3) is 0 Å². The summed E-state index contributed by atoms with van der Waals surface area (Å²) in [7, 11) is 1.58. The van der Waals surface area contributed by atoms with Crippen LogP contribution in [0.3, 0.4) is 0 Å². The van der Waals surface area contributed by atoms with Crippen LogP contribution in [0.4, 0.5) is 4.79 Å². The van der Waals surface area contributed by atoms with Crippen molar-refractivity contribution in [3.05, 3.63) is 0 Å². The number of piperidine rings is 1. The van der Waals surface area contributed by atoms with Crippen molar-refractivity contribution in [1.82, 2.24) is 10.2 Å². The molecule has 0 aliphatic carbocycles. The highest BCUT2D eigenvalue weighted by atomic mass is 16.5. The number of urea groups is 1. The Hall–Kier alpha value is -1.83. The van der Waals surface area contributed by atoms with Gasteiger partial charge in [0.15, 0.2) is 0 Å². The Morgan fingerprint density at radius 1 is 1.38 bits per heavy atom. The van der Waals surface area contributed by atoms with Crippen LogP contribution in [0, 0.1) is 0 Å². The van der Waals surface area contributed by atoms with E-state index in [9.17, 15) is 14.4 Å². The van der Waals surface area contributed by atoms with E-state index in [0.717, 1.165) is 12.8 Å². The molecule has 1 unspecified atom stereocenters. The van der Waals surface area contributed by atoms with Crippen LogP contribution in [0.15, 0.2) is 0 Å². The van der Waals surface area contributed by atoms with E-state index < -0.39 is 24.0 Å². The van der Waals surface area contributed by atoms with E-state index in [-0.39, 0.29) is 25.4 Å². The summed E-state index contributed by atoms with van der Waals surface area (Å²) in [5.74, 6) is -2.14. The lowest BCUT2D eigenvalue weighted by Crippen LogP contribution is -2.52. The number of methoxy groups -OCH3 is 1. The average Bonchev–Trinajstić information content (AvgIpc) is 2.45. The summed E-state index contributed by atoms with van der Waals surface area (Å²) >= 11 is 0. The largest absolute Gasteiger partial charge is 0.481 e. The normalized spacial score (nSPS) is 19.9. The Balaban J connectivity index is 2.47. The predicted molar refractivity (Wildman–Crippen MR) is 73.0 cm³/mol. The van der Waals surface area contributed by atoms with Crippen LogP contribution >= 0.6 is 0 Å². The Kier molecular flexibility index (Phi) is 6.93. The van der Waals surface area contributed by atoms with E-state index in [1.54, 1.807) is 7.11 Å². The van der Waals surface area contributed by atoms with Crippen LogP contribution in [-0.4, -0.2) is 65.4 Å². The zero-order chi connectivity index (χ0) is 15.8. The molecule has 8 heteroatoms. The second kappa shape index (κ2) is 8.46. The molecule has 1 aliphatic heterocycles. The summed E-state index contributed by atoms with van der Waals surface area (Å²) in [5, 5.41) is 20.1. The molecule has 0 spiro atoms. The maximum absolute atomic E-state index is 12.1. The van der Waals surface area contributed by atoms with Crippen molar-refractivity contribution in [2.45, 2.75) is 44.2 Å². The number of carbonyl (C=O) groups excluding carboxylic acids is 1. The number of hydrogen-bond donors (Lipinski definition) is 3. The number of ether oxygens (including phenoxy) is 1. The Labute approximate surface area is 123 Å². The quantitative estimate of drug-likeness (QED) is 0.631. The molecule has 21 heavy (non-hydrogen) atoms. The van der Waals surface area contributed by atoms with Crippen molar-refractivity contribution >= 4 is 18.0 Å². The number of hydrogen-bond acceptors (Lipinski definition) is 4. The predicted octanol–water partition coefficient (Wildman–Crippen LogP) is 0.515. The lowest BCUT2D eigenvalue weighted by molar-refractivity contribution is -0.140. The summed E-state index contributed by atoms with van der Waals surface area (Å²) in [5.41, 5.74) is 0. The number of likely N-dealkylation sites (tertiary alicyclic amines) is 1. The first kappa shape index (κ1) is 17.2. The van der Waals surface area contributed by atoms with Crippen LogP contribution in [0.1, 0.15) is 32.1 Å². The van der Waals surface area contributed by atoms with Crippen molar-refractivity contribution in [2.24, 2.45) is 0 Å². The number of rotatable bonds is 7. The van der Waals surface area contributed by atoms with E-state index in [4.69, 9.17) is 14.9 Å². The van der Waals surface area contributed by atoms with Gasteiger partial charge in [-0.25, -0.2) is 9.59 Å². The van der Waals surface area contributed by atoms with Gasteiger partial charge in [0, 0.05) is 26.6 Å². The molecule has 1 aliphatic rings. The van der Waals surface area contributed by atoms with Crippen LogP contribution < -0.4 is 5.32 Å². The Morgan fingerprint density at radius 3 is 2.67 bits per heavy atom. The lowest BCUT2D eigenvalue weighted by Gasteiger charge is -2.32. The molecular weight excluding hydrogens is 280 g/mol. The van der Waals surface area contributed by atoms with Crippen molar-refractivity contribution in [2.75, 3.05) is 20.2 Å². The maximum atomic E-state index is 12.1. The Morgan fingerprint density at radius 2 is 2.10 bits per heavy atom. The molecule has 8 nitrogen and oxygen atoms in total. The third-order valence-corrected chi connectivity index (χ3v) is 3.48. The molecule has 0 radical (unpaired) electrons. The van der Waals surface area contributed by atoms with Gasteiger partial charge < -0.3 is 25.2 Å². The molecule has 3 N–H and O–H groups in total. The van der Waals surface area contributed by atoms with E-state index in [1.165, 1.54) is 4.90 Å². The summed E-state index contributed by atoms with van der Waals surface area (Å²) in [6.45, 7) is 0.997. The third-order valence-electron chi connectivity index (χ3n) is 3.48. The summed E-state index contributed by atoms with van der Waals surface area (Å²) in [6, 6.07) is -1.51. The molecule has 2 atom stereocenters. The third kappa shape index (κ3) is 5.99. The fourth-order valence-corrected chi connectivity index (χ4v) is 2.27. The van der Waals surface area contributed by atoms with Gasteiger partial charge in [0.1, 0.15) is 6.04 Å². The zero-order valence-electron chi connectivity index (χ0n) is 12.1. The minimum absolute atomic E-state index is 0.0280. The maximum Gasteiger partial charge on any atom is 0.326 e.